The largest absolute Gasteiger partial charge is 0.325 e. The minimum Gasteiger partial charge on any atom is -0.325 e. The molecule has 0 radical (unpaired) electrons. The molecule has 0 spiro atoms. The maximum absolute atomic E-state index is 12.7. The standard InChI is InChI=1S/C20H21BrN4O3S2/c1-3-25-18(13-30(27,28)17-10-4-14(2)5-11-17)23-24-20(25)29-12-19(26)22-16-8-6-15(21)7-9-16/h4-11H,3,12-13H2,1-2H3,(H,22,26). The quantitative estimate of drug-likeness (QED) is 0.460. The van der Waals surface area contributed by atoms with Crippen LogP contribution in [0.1, 0.15) is 18.3 Å². The molecule has 2 aromatic carbocycles. The minimum absolute atomic E-state index is 0.138. The van der Waals surface area contributed by atoms with Gasteiger partial charge in [0.25, 0.3) is 0 Å². The Morgan fingerprint density at radius 1 is 1.10 bits per heavy atom. The second-order valence-electron chi connectivity index (χ2n) is 6.56. The maximum Gasteiger partial charge on any atom is 0.234 e. The van der Waals surface area contributed by atoms with Gasteiger partial charge in [-0.3, -0.25) is 4.79 Å². The lowest BCUT2D eigenvalue weighted by Gasteiger charge is -2.09. The van der Waals surface area contributed by atoms with Gasteiger partial charge in [0.2, 0.25) is 5.91 Å². The van der Waals surface area contributed by atoms with Crippen LogP contribution in [0.5, 0.6) is 0 Å². The van der Waals surface area contributed by atoms with Crippen molar-refractivity contribution < 1.29 is 13.2 Å². The normalized spacial score (nSPS) is 11.4. The summed E-state index contributed by atoms with van der Waals surface area (Å²) in [4.78, 5) is 12.5. The van der Waals surface area contributed by atoms with E-state index in [1.165, 1.54) is 11.8 Å². The third-order valence-corrected chi connectivity index (χ3v) is 7.39. The first-order valence-corrected chi connectivity index (χ1v) is 12.6. The summed E-state index contributed by atoms with van der Waals surface area (Å²) in [5.74, 6) is 0.0669. The Hall–Kier alpha value is -2.17. The Morgan fingerprint density at radius 3 is 2.40 bits per heavy atom. The van der Waals surface area contributed by atoms with Gasteiger partial charge in [-0.15, -0.1) is 10.2 Å². The molecule has 0 saturated heterocycles. The molecule has 0 saturated carbocycles. The van der Waals surface area contributed by atoms with E-state index < -0.39 is 9.84 Å². The van der Waals surface area contributed by atoms with Crippen LogP contribution < -0.4 is 5.32 Å². The van der Waals surface area contributed by atoms with Crippen LogP contribution in [0.4, 0.5) is 5.69 Å². The molecule has 1 N–H and O–H groups in total. The number of aromatic nitrogens is 3. The second kappa shape index (κ2) is 9.76. The highest BCUT2D eigenvalue weighted by Gasteiger charge is 2.21. The van der Waals surface area contributed by atoms with Crippen molar-refractivity contribution in [2.24, 2.45) is 0 Å². The van der Waals surface area contributed by atoms with E-state index in [0.717, 1.165) is 10.0 Å². The van der Waals surface area contributed by atoms with Crippen molar-refractivity contribution >= 4 is 49.1 Å². The van der Waals surface area contributed by atoms with Gasteiger partial charge in [-0.2, -0.15) is 0 Å². The van der Waals surface area contributed by atoms with Crippen LogP contribution in [0.25, 0.3) is 0 Å². The first kappa shape index (κ1) is 22.5. The number of aryl methyl sites for hydroxylation is 1. The van der Waals surface area contributed by atoms with Gasteiger partial charge in [0.15, 0.2) is 15.0 Å². The van der Waals surface area contributed by atoms with Crippen molar-refractivity contribution in [2.45, 2.75) is 36.2 Å². The Morgan fingerprint density at radius 2 is 1.77 bits per heavy atom. The molecule has 0 fully saturated rings. The zero-order valence-corrected chi connectivity index (χ0v) is 19.7. The van der Waals surface area contributed by atoms with Crippen LogP contribution >= 0.6 is 27.7 Å². The summed E-state index contributed by atoms with van der Waals surface area (Å²) >= 11 is 4.57. The molecule has 0 unspecified atom stereocenters. The van der Waals surface area contributed by atoms with E-state index >= 15 is 0 Å². The van der Waals surface area contributed by atoms with E-state index in [1.54, 1.807) is 41.0 Å². The van der Waals surface area contributed by atoms with E-state index in [4.69, 9.17) is 0 Å². The van der Waals surface area contributed by atoms with E-state index in [-0.39, 0.29) is 22.3 Å². The summed E-state index contributed by atoms with van der Waals surface area (Å²) in [7, 11) is -3.54. The van der Waals surface area contributed by atoms with Crippen molar-refractivity contribution in [1.29, 1.82) is 0 Å². The van der Waals surface area contributed by atoms with Gasteiger partial charge < -0.3 is 9.88 Å². The summed E-state index contributed by atoms with van der Waals surface area (Å²) < 4.78 is 28.1. The summed E-state index contributed by atoms with van der Waals surface area (Å²) in [6, 6.07) is 14.0. The lowest BCUT2D eigenvalue weighted by atomic mass is 10.2. The molecule has 158 valence electrons. The zero-order chi connectivity index (χ0) is 21.7. The number of halogens is 1. The number of rotatable bonds is 8. The molecular formula is C20H21BrN4O3S2. The molecule has 1 heterocycles. The van der Waals surface area contributed by atoms with Crippen molar-refractivity contribution in [3.05, 3.63) is 64.4 Å². The predicted molar refractivity (Wildman–Crippen MR) is 121 cm³/mol. The smallest absolute Gasteiger partial charge is 0.234 e. The Kier molecular flexibility index (Phi) is 7.32. The number of carbonyl (C=O) groups is 1. The van der Waals surface area contributed by atoms with Crippen molar-refractivity contribution in [3.8, 4) is 0 Å². The topological polar surface area (TPSA) is 93.9 Å². The molecule has 1 amide bonds. The molecule has 3 rings (SSSR count). The minimum atomic E-state index is -3.54. The first-order chi connectivity index (χ1) is 14.3. The number of carbonyl (C=O) groups excluding carboxylic acids is 1. The van der Waals surface area contributed by atoms with Gasteiger partial charge in [0, 0.05) is 16.7 Å². The zero-order valence-electron chi connectivity index (χ0n) is 16.5. The van der Waals surface area contributed by atoms with Crippen LogP contribution in [0.2, 0.25) is 0 Å². The average molecular weight is 509 g/mol. The number of amides is 1. The molecule has 30 heavy (non-hydrogen) atoms. The van der Waals surface area contributed by atoms with E-state index in [0.29, 0.717) is 23.2 Å². The molecule has 10 heteroatoms. The van der Waals surface area contributed by atoms with E-state index in [1.807, 2.05) is 26.0 Å². The van der Waals surface area contributed by atoms with Crippen LogP contribution in [-0.2, 0) is 26.9 Å². The summed E-state index contributed by atoms with van der Waals surface area (Å²) in [5.41, 5.74) is 1.69. The number of nitrogens with zero attached hydrogens (tertiary/aromatic N) is 3. The highest BCUT2D eigenvalue weighted by molar-refractivity contribution is 9.10. The fourth-order valence-corrected chi connectivity index (χ4v) is 5.07. The van der Waals surface area contributed by atoms with Crippen molar-refractivity contribution in [2.75, 3.05) is 11.1 Å². The Balaban J connectivity index is 1.67. The maximum atomic E-state index is 12.7. The first-order valence-electron chi connectivity index (χ1n) is 9.18. The van der Waals surface area contributed by atoms with Gasteiger partial charge in [-0.1, -0.05) is 45.4 Å². The number of hydrogen-bond donors (Lipinski definition) is 1. The molecule has 0 aliphatic rings. The van der Waals surface area contributed by atoms with Crippen LogP contribution in [-0.4, -0.2) is 34.8 Å². The Labute approximate surface area is 188 Å². The third kappa shape index (κ3) is 5.71. The second-order valence-corrected chi connectivity index (χ2v) is 10.4. The number of benzene rings is 2. The highest BCUT2D eigenvalue weighted by Crippen LogP contribution is 2.22. The molecular weight excluding hydrogens is 488 g/mol. The molecule has 0 atom stereocenters. The fraction of sp³-hybridized carbons (Fsp3) is 0.250. The van der Waals surface area contributed by atoms with Gasteiger partial charge >= 0.3 is 0 Å². The monoisotopic (exact) mass is 508 g/mol. The van der Waals surface area contributed by atoms with Gasteiger partial charge in [-0.05, 0) is 50.2 Å². The summed E-state index contributed by atoms with van der Waals surface area (Å²) in [5, 5.41) is 11.5. The van der Waals surface area contributed by atoms with Gasteiger partial charge in [0.05, 0.1) is 10.6 Å². The lowest BCUT2D eigenvalue weighted by Crippen LogP contribution is -2.15. The van der Waals surface area contributed by atoms with E-state index in [2.05, 4.69) is 31.4 Å². The molecule has 0 aliphatic heterocycles. The summed E-state index contributed by atoms with van der Waals surface area (Å²) in [6.07, 6.45) is 0. The molecule has 1 aromatic heterocycles. The highest BCUT2D eigenvalue weighted by atomic mass is 79.9. The van der Waals surface area contributed by atoms with Gasteiger partial charge in [0.1, 0.15) is 11.6 Å². The number of anilines is 1. The van der Waals surface area contributed by atoms with Crippen molar-refractivity contribution in [3.63, 3.8) is 0 Å². The number of sulfone groups is 1. The van der Waals surface area contributed by atoms with Crippen molar-refractivity contribution in [1.82, 2.24) is 14.8 Å². The predicted octanol–water partition coefficient (Wildman–Crippen LogP) is 4.07. The van der Waals surface area contributed by atoms with Gasteiger partial charge in [-0.25, -0.2) is 8.42 Å². The number of nitrogens with one attached hydrogen (secondary N) is 1. The average Bonchev–Trinajstić information content (AvgIpc) is 3.09. The Bertz CT molecular complexity index is 1130. The third-order valence-electron chi connectivity index (χ3n) is 4.27. The summed E-state index contributed by atoms with van der Waals surface area (Å²) in [6.45, 7) is 4.29. The van der Waals surface area contributed by atoms with Crippen LogP contribution in [0, 0.1) is 6.92 Å². The SMILES string of the molecule is CCn1c(CS(=O)(=O)c2ccc(C)cc2)nnc1SCC(=O)Nc1ccc(Br)cc1. The van der Waals surface area contributed by atoms with E-state index in [9.17, 15) is 13.2 Å². The van der Waals surface area contributed by atoms with Crippen LogP contribution in [0.15, 0.2) is 63.1 Å². The number of hydrogen-bond acceptors (Lipinski definition) is 6. The molecule has 7 nitrogen and oxygen atoms in total. The lowest BCUT2D eigenvalue weighted by molar-refractivity contribution is -0.113. The number of thioether (sulfide) groups is 1. The molecule has 3 aromatic rings. The molecule has 0 bridgehead atoms. The fourth-order valence-electron chi connectivity index (χ4n) is 2.71. The van der Waals surface area contributed by atoms with Crippen LogP contribution in [0.3, 0.4) is 0 Å². The molecule has 0 aliphatic carbocycles.